The Bertz CT molecular complexity index is 496. The van der Waals surface area contributed by atoms with Crippen LogP contribution in [0.4, 0.5) is 5.69 Å². The molecule has 0 heterocycles. The number of carbonyl (C=O) groups excluding carboxylic acids is 1. The summed E-state index contributed by atoms with van der Waals surface area (Å²) in [5, 5.41) is 0. The van der Waals surface area contributed by atoms with Gasteiger partial charge in [-0.25, -0.2) is 8.42 Å². The van der Waals surface area contributed by atoms with Gasteiger partial charge >= 0.3 is 5.97 Å². The summed E-state index contributed by atoms with van der Waals surface area (Å²) in [7, 11) is -3.52. The van der Waals surface area contributed by atoms with Gasteiger partial charge in [-0.15, -0.1) is 0 Å². The van der Waals surface area contributed by atoms with E-state index in [1.807, 2.05) is 0 Å². The summed E-state index contributed by atoms with van der Waals surface area (Å²) in [4.78, 5) is 11.6. The number of esters is 1. The van der Waals surface area contributed by atoms with E-state index < -0.39 is 16.0 Å². The first kappa shape index (κ1) is 14.5. The third kappa shape index (κ3) is 4.37. The van der Waals surface area contributed by atoms with Gasteiger partial charge in [0, 0.05) is 0 Å². The lowest BCUT2D eigenvalue weighted by molar-refractivity contribution is -0.145. The predicted molar refractivity (Wildman–Crippen MR) is 69.9 cm³/mol. The average Bonchev–Trinajstić information content (AvgIpc) is 2.24. The van der Waals surface area contributed by atoms with Crippen LogP contribution in [0.3, 0.4) is 0 Å². The van der Waals surface area contributed by atoms with Crippen molar-refractivity contribution in [3.8, 4) is 0 Å². The van der Waals surface area contributed by atoms with Crippen LogP contribution in [0, 0.1) is 0 Å². The quantitative estimate of drug-likeness (QED) is 0.759. The highest BCUT2D eigenvalue weighted by Gasteiger charge is 2.21. The Morgan fingerprint density at radius 3 is 2.28 bits per heavy atom. The van der Waals surface area contributed by atoms with Gasteiger partial charge in [0.15, 0.2) is 0 Å². The molecule has 18 heavy (non-hydrogen) atoms. The van der Waals surface area contributed by atoms with Crippen molar-refractivity contribution < 1.29 is 17.9 Å². The topological polar surface area (TPSA) is 63.7 Å². The van der Waals surface area contributed by atoms with Crippen LogP contribution >= 0.6 is 0 Å². The molecule has 1 aromatic carbocycles. The summed E-state index contributed by atoms with van der Waals surface area (Å²) >= 11 is 0. The van der Waals surface area contributed by atoms with Gasteiger partial charge in [-0.3, -0.25) is 9.10 Å². The van der Waals surface area contributed by atoms with Gasteiger partial charge in [-0.05, 0) is 26.0 Å². The normalized spacial score (nSPS) is 11.3. The molecule has 0 aliphatic carbocycles. The summed E-state index contributed by atoms with van der Waals surface area (Å²) < 4.78 is 29.3. The number of benzene rings is 1. The van der Waals surface area contributed by atoms with Crippen molar-refractivity contribution in [3.05, 3.63) is 30.3 Å². The number of ether oxygens (including phenoxy) is 1. The molecule has 6 heteroatoms. The maximum Gasteiger partial charge on any atom is 0.327 e. The smallest absolute Gasteiger partial charge is 0.327 e. The summed E-state index contributed by atoms with van der Waals surface area (Å²) in [6, 6.07) is 8.45. The Hall–Kier alpha value is -1.56. The molecule has 0 atom stereocenters. The number of carbonyl (C=O) groups is 1. The van der Waals surface area contributed by atoms with E-state index in [0.29, 0.717) is 5.69 Å². The molecule has 0 amide bonds. The lowest BCUT2D eigenvalue weighted by atomic mass is 10.3. The second-order valence-electron chi connectivity index (χ2n) is 4.14. The second kappa shape index (κ2) is 5.86. The first-order valence-electron chi connectivity index (χ1n) is 5.53. The minimum Gasteiger partial charge on any atom is -0.462 e. The maximum absolute atomic E-state index is 11.7. The molecule has 0 bridgehead atoms. The van der Waals surface area contributed by atoms with Gasteiger partial charge in [0.25, 0.3) is 0 Å². The molecule has 0 fully saturated rings. The van der Waals surface area contributed by atoms with Crippen molar-refractivity contribution in [1.82, 2.24) is 0 Å². The van der Waals surface area contributed by atoms with Crippen LogP contribution in [0.2, 0.25) is 0 Å². The van der Waals surface area contributed by atoms with Crippen LogP contribution in [0.25, 0.3) is 0 Å². The standard InChI is InChI=1S/C12H17NO4S/c1-10(2)17-12(14)9-13(18(3,15)16)11-7-5-4-6-8-11/h4-8,10H,9H2,1-3H3. The molecule has 0 aliphatic rings. The third-order valence-electron chi connectivity index (χ3n) is 2.08. The van der Waals surface area contributed by atoms with Gasteiger partial charge in [-0.2, -0.15) is 0 Å². The van der Waals surface area contributed by atoms with Crippen molar-refractivity contribution >= 4 is 21.7 Å². The second-order valence-corrected chi connectivity index (χ2v) is 6.05. The van der Waals surface area contributed by atoms with Gasteiger partial charge in [0.2, 0.25) is 10.0 Å². The fraction of sp³-hybridized carbons (Fsp3) is 0.417. The highest BCUT2D eigenvalue weighted by molar-refractivity contribution is 7.92. The number of nitrogens with zero attached hydrogens (tertiary/aromatic N) is 1. The third-order valence-corrected chi connectivity index (χ3v) is 3.22. The van der Waals surface area contributed by atoms with Crippen LogP contribution in [-0.4, -0.2) is 33.3 Å². The van der Waals surface area contributed by atoms with Crippen LogP contribution in [0.5, 0.6) is 0 Å². The zero-order chi connectivity index (χ0) is 13.8. The number of hydrogen-bond donors (Lipinski definition) is 0. The SMILES string of the molecule is CC(C)OC(=O)CN(c1ccccc1)S(C)(=O)=O. The fourth-order valence-electron chi connectivity index (χ4n) is 1.41. The number of rotatable bonds is 5. The first-order chi connectivity index (χ1) is 8.30. The van der Waals surface area contributed by atoms with Crippen LogP contribution in [0.1, 0.15) is 13.8 Å². The molecular weight excluding hydrogens is 254 g/mol. The van der Waals surface area contributed by atoms with Crippen molar-refractivity contribution in [3.63, 3.8) is 0 Å². The van der Waals surface area contributed by atoms with E-state index in [9.17, 15) is 13.2 Å². The van der Waals surface area contributed by atoms with Crippen LogP contribution < -0.4 is 4.31 Å². The molecule has 0 saturated carbocycles. The van der Waals surface area contributed by atoms with E-state index in [0.717, 1.165) is 10.6 Å². The van der Waals surface area contributed by atoms with Crippen molar-refractivity contribution in [2.24, 2.45) is 0 Å². The molecule has 100 valence electrons. The van der Waals surface area contributed by atoms with E-state index in [2.05, 4.69) is 0 Å². The van der Waals surface area contributed by atoms with Gasteiger partial charge < -0.3 is 4.74 Å². The van der Waals surface area contributed by atoms with E-state index in [1.165, 1.54) is 0 Å². The Morgan fingerprint density at radius 2 is 1.83 bits per heavy atom. The van der Waals surface area contributed by atoms with Crippen molar-refractivity contribution in [2.75, 3.05) is 17.1 Å². The molecule has 0 aliphatic heterocycles. The fourth-order valence-corrected chi connectivity index (χ4v) is 2.26. The monoisotopic (exact) mass is 271 g/mol. The van der Waals surface area contributed by atoms with Gasteiger partial charge in [0.1, 0.15) is 6.54 Å². The van der Waals surface area contributed by atoms with Crippen LogP contribution in [-0.2, 0) is 19.6 Å². The summed E-state index contributed by atoms with van der Waals surface area (Å²) in [6.07, 6.45) is 0.789. The van der Waals surface area contributed by atoms with E-state index in [4.69, 9.17) is 4.74 Å². The summed E-state index contributed by atoms with van der Waals surface area (Å²) in [5.74, 6) is -0.570. The van der Waals surface area contributed by atoms with Crippen molar-refractivity contribution in [1.29, 1.82) is 0 Å². The Morgan fingerprint density at radius 1 is 1.28 bits per heavy atom. The summed E-state index contributed by atoms with van der Waals surface area (Å²) in [6.45, 7) is 3.11. The molecule has 0 radical (unpaired) electrons. The van der Waals surface area contributed by atoms with E-state index in [-0.39, 0.29) is 12.6 Å². The molecule has 1 aromatic rings. The number of sulfonamides is 1. The lowest BCUT2D eigenvalue weighted by Crippen LogP contribution is -2.36. The molecule has 0 saturated heterocycles. The minimum atomic E-state index is -3.52. The predicted octanol–water partition coefficient (Wildman–Crippen LogP) is 1.40. The Labute approximate surface area is 107 Å². The molecule has 0 unspecified atom stereocenters. The minimum absolute atomic E-state index is 0.269. The zero-order valence-corrected chi connectivity index (χ0v) is 11.5. The average molecular weight is 271 g/mol. The zero-order valence-electron chi connectivity index (χ0n) is 10.7. The number of anilines is 1. The number of hydrogen-bond acceptors (Lipinski definition) is 4. The molecule has 0 spiro atoms. The molecule has 0 N–H and O–H groups in total. The lowest BCUT2D eigenvalue weighted by Gasteiger charge is -2.21. The molecule has 5 nitrogen and oxygen atoms in total. The first-order valence-corrected chi connectivity index (χ1v) is 7.38. The maximum atomic E-state index is 11.7. The molecule has 0 aromatic heterocycles. The van der Waals surface area contributed by atoms with E-state index >= 15 is 0 Å². The van der Waals surface area contributed by atoms with Crippen molar-refractivity contribution in [2.45, 2.75) is 20.0 Å². The Balaban J connectivity index is 2.92. The molecule has 1 rings (SSSR count). The number of para-hydroxylation sites is 1. The van der Waals surface area contributed by atoms with E-state index in [1.54, 1.807) is 44.2 Å². The Kier molecular flexibility index (Phi) is 4.72. The molecular formula is C12H17NO4S. The van der Waals surface area contributed by atoms with Crippen LogP contribution in [0.15, 0.2) is 30.3 Å². The summed E-state index contributed by atoms with van der Waals surface area (Å²) in [5.41, 5.74) is 0.445. The highest BCUT2D eigenvalue weighted by Crippen LogP contribution is 2.16. The highest BCUT2D eigenvalue weighted by atomic mass is 32.2. The van der Waals surface area contributed by atoms with Gasteiger partial charge in [-0.1, -0.05) is 18.2 Å². The van der Waals surface area contributed by atoms with Gasteiger partial charge in [0.05, 0.1) is 18.0 Å². The largest absolute Gasteiger partial charge is 0.462 e.